The lowest BCUT2D eigenvalue weighted by Crippen LogP contribution is -2.44. The fourth-order valence-electron chi connectivity index (χ4n) is 6.33. The average Bonchev–Trinajstić information content (AvgIpc) is 2.95. The number of methoxy groups -OCH3 is 2. The summed E-state index contributed by atoms with van der Waals surface area (Å²) in [5.41, 5.74) is 3.02. The molecule has 0 bridgehead atoms. The standard InChI is InChI=1S/C20H29NO5S/c1-20-9-8-13-14(16(20)6-7-19(20)26-3)5-4-12-10-17(21-27(22,23)24)18(25-2)11-15(12)13/h10-11,13-14,16,19,21H,4-9H2,1-3H3,(H,22,23,24)/t13-,14+,16-,19-,20-/m0/s1. The van der Waals surface area contributed by atoms with Gasteiger partial charge in [-0.05, 0) is 85.0 Å². The van der Waals surface area contributed by atoms with Crippen molar-refractivity contribution < 1.29 is 22.4 Å². The number of ether oxygens (including phenoxy) is 2. The Labute approximate surface area is 161 Å². The van der Waals surface area contributed by atoms with Gasteiger partial charge in [0.25, 0.3) is 0 Å². The highest BCUT2D eigenvalue weighted by Crippen LogP contribution is 2.61. The largest absolute Gasteiger partial charge is 0.495 e. The second-order valence-electron chi connectivity index (χ2n) is 8.59. The summed E-state index contributed by atoms with van der Waals surface area (Å²) in [6.45, 7) is 2.41. The number of fused-ring (bicyclic) bond motifs is 5. The van der Waals surface area contributed by atoms with E-state index in [0.717, 1.165) is 37.7 Å². The van der Waals surface area contributed by atoms with Crippen molar-refractivity contribution in [3.8, 4) is 5.75 Å². The summed E-state index contributed by atoms with van der Waals surface area (Å²) < 4.78 is 45.1. The fraction of sp³-hybridized carbons (Fsp3) is 0.700. The van der Waals surface area contributed by atoms with Crippen LogP contribution >= 0.6 is 0 Å². The van der Waals surface area contributed by atoms with Crippen LogP contribution in [0.2, 0.25) is 0 Å². The van der Waals surface area contributed by atoms with Crippen molar-refractivity contribution in [1.29, 1.82) is 0 Å². The number of nitrogens with one attached hydrogen (secondary N) is 1. The number of anilines is 1. The van der Waals surface area contributed by atoms with E-state index in [1.54, 1.807) is 0 Å². The molecule has 5 atom stereocenters. The molecule has 0 spiro atoms. The molecule has 0 radical (unpaired) electrons. The van der Waals surface area contributed by atoms with Crippen LogP contribution in [-0.4, -0.2) is 33.3 Å². The van der Waals surface area contributed by atoms with Crippen LogP contribution in [0.1, 0.15) is 56.1 Å². The molecule has 2 N–H and O–H groups in total. The zero-order valence-corrected chi connectivity index (χ0v) is 17.0. The van der Waals surface area contributed by atoms with Gasteiger partial charge in [0.05, 0.1) is 18.9 Å². The Morgan fingerprint density at radius 1 is 1.19 bits per heavy atom. The highest BCUT2D eigenvalue weighted by molar-refractivity contribution is 7.87. The van der Waals surface area contributed by atoms with Crippen LogP contribution in [0.15, 0.2) is 12.1 Å². The SMILES string of the molecule is COc1cc2c(cc1NS(=O)(=O)O)CC[C@@H]1[C@@H]2CC[C@]2(C)[C@@H](OC)CC[C@@H]12. The topological polar surface area (TPSA) is 84.9 Å². The molecule has 0 unspecified atom stereocenters. The molecule has 0 heterocycles. The quantitative estimate of drug-likeness (QED) is 0.758. The van der Waals surface area contributed by atoms with Gasteiger partial charge in [-0.15, -0.1) is 0 Å². The third-order valence-corrected chi connectivity index (χ3v) is 7.96. The van der Waals surface area contributed by atoms with E-state index in [0.29, 0.717) is 35.3 Å². The molecule has 1 aromatic carbocycles. The van der Waals surface area contributed by atoms with Gasteiger partial charge in [-0.2, -0.15) is 8.42 Å². The first-order valence-corrected chi connectivity index (χ1v) is 11.2. The van der Waals surface area contributed by atoms with Crippen molar-refractivity contribution in [3.05, 3.63) is 23.3 Å². The van der Waals surface area contributed by atoms with Crippen LogP contribution < -0.4 is 9.46 Å². The Bertz CT molecular complexity index is 839. The zero-order valence-electron chi connectivity index (χ0n) is 16.2. The molecule has 27 heavy (non-hydrogen) atoms. The molecule has 0 aliphatic heterocycles. The lowest BCUT2D eigenvalue weighted by Gasteiger charge is -2.50. The second kappa shape index (κ2) is 6.64. The number of rotatable bonds is 4. The highest BCUT2D eigenvalue weighted by Gasteiger charge is 2.55. The van der Waals surface area contributed by atoms with Crippen LogP contribution in [0, 0.1) is 17.3 Å². The van der Waals surface area contributed by atoms with Crippen molar-refractivity contribution in [2.24, 2.45) is 17.3 Å². The van der Waals surface area contributed by atoms with E-state index in [1.807, 2.05) is 19.2 Å². The predicted molar refractivity (Wildman–Crippen MR) is 104 cm³/mol. The van der Waals surface area contributed by atoms with E-state index in [2.05, 4.69) is 11.6 Å². The van der Waals surface area contributed by atoms with E-state index >= 15 is 0 Å². The Hall–Kier alpha value is -1.31. The highest BCUT2D eigenvalue weighted by atomic mass is 32.2. The molecule has 3 aliphatic carbocycles. The maximum atomic E-state index is 11.3. The minimum atomic E-state index is -4.33. The van der Waals surface area contributed by atoms with Crippen LogP contribution in [0.3, 0.4) is 0 Å². The van der Waals surface area contributed by atoms with Gasteiger partial charge in [0.1, 0.15) is 5.75 Å². The molecule has 6 nitrogen and oxygen atoms in total. The van der Waals surface area contributed by atoms with Crippen molar-refractivity contribution in [2.45, 2.75) is 57.5 Å². The summed E-state index contributed by atoms with van der Waals surface area (Å²) in [6.07, 6.45) is 7.06. The van der Waals surface area contributed by atoms with Crippen LogP contribution in [0.4, 0.5) is 5.69 Å². The van der Waals surface area contributed by atoms with E-state index in [4.69, 9.17) is 14.0 Å². The summed E-state index contributed by atoms with van der Waals surface area (Å²) in [6, 6.07) is 3.81. The van der Waals surface area contributed by atoms with Crippen molar-refractivity contribution in [2.75, 3.05) is 18.9 Å². The van der Waals surface area contributed by atoms with Crippen LogP contribution in [0.5, 0.6) is 5.75 Å². The number of aryl methyl sites for hydroxylation is 1. The van der Waals surface area contributed by atoms with E-state index in [9.17, 15) is 8.42 Å². The van der Waals surface area contributed by atoms with Crippen molar-refractivity contribution in [1.82, 2.24) is 0 Å². The predicted octanol–water partition coefficient (Wildman–Crippen LogP) is 3.78. The minimum absolute atomic E-state index is 0.268. The van der Waals surface area contributed by atoms with E-state index in [-0.39, 0.29) is 5.41 Å². The fourth-order valence-corrected chi connectivity index (χ4v) is 6.76. The Kier molecular flexibility index (Phi) is 4.68. The molecule has 3 aliphatic rings. The van der Waals surface area contributed by atoms with Gasteiger partial charge in [0.15, 0.2) is 0 Å². The molecule has 4 rings (SSSR count). The van der Waals surface area contributed by atoms with Crippen molar-refractivity contribution >= 4 is 16.0 Å². The van der Waals surface area contributed by atoms with Gasteiger partial charge >= 0.3 is 10.3 Å². The monoisotopic (exact) mass is 395 g/mol. The molecule has 1 aromatic rings. The first kappa shape index (κ1) is 19.0. The van der Waals surface area contributed by atoms with Gasteiger partial charge < -0.3 is 9.47 Å². The summed E-state index contributed by atoms with van der Waals surface area (Å²) in [5.74, 6) is 2.26. The van der Waals surface area contributed by atoms with Gasteiger partial charge in [0, 0.05) is 7.11 Å². The molecule has 150 valence electrons. The van der Waals surface area contributed by atoms with Gasteiger partial charge in [-0.1, -0.05) is 6.92 Å². The summed E-state index contributed by atoms with van der Waals surface area (Å²) in [4.78, 5) is 0. The van der Waals surface area contributed by atoms with Gasteiger partial charge in [0.2, 0.25) is 0 Å². The maximum Gasteiger partial charge on any atom is 0.357 e. The Balaban J connectivity index is 1.69. The third kappa shape index (κ3) is 3.13. The number of benzene rings is 1. The van der Waals surface area contributed by atoms with E-state index < -0.39 is 10.3 Å². The van der Waals surface area contributed by atoms with Gasteiger partial charge in [-0.25, -0.2) is 0 Å². The first-order chi connectivity index (χ1) is 12.8. The molecule has 2 fully saturated rings. The second-order valence-corrected chi connectivity index (χ2v) is 9.74. The van der Waals surface area contributed by atoms with Crippen molar-refractivity contribution in [3.63, 3.8) is 0 Å². The molecule has 0 aromatic heterocycles. The smallest absolute Gasteiger partial charge is 0.357 e. The summed E-state index contributed by atoms with van der Waals surface area (Å²) in [5, 5.41) is 0. The molecule has 7 heteroatoms. The number of hydrogen-bond donors (Lipinski definition) is 2. The lowest BCUT2D eigenvalue weighted by atomic mass is 9.55. The zero-order chi connectivity index (χ0) is 19.4. The molecular formula is C20H29NO5S. The maximum absolute atomic E-state index is 11.3. The summed E-state index contributed by atoms with van der Waals surface area (Å²) in [7, 11) is -0.967. The van der Waals surface area contributed by atoms with E-state index in [1.165, 1.54) is 19.1 Å². The summed E-state index contributed by atoms with van der Waals surface area (Å²) >= 11 is 0. The Morgan fingerprint density at radius 3 is 2.63 bits per heavy atom. The molecular weight excluding hydrogens is 366 g/mol. The lowest BCUT2D eigenvalue weighted by molar-refractivity contribution is -0.0444. The number of hydrogen-bond acceptors (Lipinski definition) is 4. The van der Waals surface area contributed by atoms with Gasteiger partial charge in [-0.3, -0.25) is 9.27 Å². The minimum Gasteiger partial charge on any atom is -0.495 e. The average molecular weight is 396 g/mol. The normalized spacial score (nSPS) is 35.1. The first-order valence-electron chi connectivity index (χ1n) is 9.75. The molecule has 0 saturated heterocycles. The van der Waals surface area contributed by atoms with Crippen LogP contribution in [0.25, 0.3) is 0 Å². The Morgan fingerprint density at radius 2 is 1.96 bits per heavy atom. The molecule has 0 amide bonds. The van der Waals surface area contributed by atoms with Crippen LogP contribution in [-0.2, 0) is 21.5 Å². The molecule has 2 saturated carbocycles. The third-order valence-electron chi connectivity index (χ3n) is 7.48.